The van der Waals surface area contributed by atoms with Crippen LogP contribution in [0.4, 0.5) is 0 Å². The summed E-state index contributed by atoms with van der Waals surface area (Å²) in [6.45, 7) is 4.02. The first-order valence-corrected chi connectivity index (χ1v) is 10.2. The number of benzene rings is 3. The maximum absolute atomic E-state index is 9.85. The van der Waals surface area contributed by atoms with Gasteiger partial charge in [0.05, 0.1) is 17.7 Å². The zero-order valence-electron chi connectivity index (χ0n) is 16.3. The highest BCUT2D eigenvalue weighted by molar-refractivity contribution is 9.10. The predicted molar refractivity (Wildman–Crippen MR) is 120 cm³/mol. The zero-order valence-corrected chi connectivity index (χ0v) is 17.9. The molecule has 2 unspecified atom stereocenters. The van der Waals surface area contributed by atoms with Gasteiger partial charge in [0, 0.05) is 16.9 Å². The van der Waals surface area contributed by atoms with Gasteiger partial charge in [-0.25, -0.2) is 0 Å². The van der Waals surface area contributed by atoms with E-state index < -0.39 is 5.92 Å². The van der Waals surface area contributed by atoms with Crippen LogP contribution >= 0.6 is 15.9 Å². The minimum Gasteiger partial charge on any atom is -0.493 e. The van der Waals surface area contributed by atoms with Gasteiger partial charge < -0.3 is 14.2 Å². The lowest BCUT2D eigenvalue weighted by molar-refractivity contribution is 0.324. The van der Waals surface area contributed by atoms with E-state index in [1.165, 1.54) is 0 Å². The van der Waals surface area contributed by atoms with Gasteiger partial charge in [0.25, 0.3) is 0 Å². The van der Waals surface area contributed by atoms with E-state index in [1.807, 2.05) is 48.5 Å². The van der Waals surface area contributed by atoms with Gasteiger partial charge >= 0.3 is 0 Å². The highest BCUT2D eigenvalue weighted by Gasteiger charge is 2.38. The van der Waals surface area contributed by atoms with Crippen LogP contribution in [0.5, 0.6) is 17.2 Å². The lowest BCUT2D eigenvalue weighted by Crippen LogP contribution is -2.31. The Morgan fingerprint density at radius 1 is 1.27 bits per heavy atom. The highest BCUT2D eigenvalue weighted by atomic mass is 79.9. The number of methoxy groups -OCH3 is 1. The summed E-state index contributed by atoms with van der Waals surface area (Å²) in [7, 11) is 1.57. The molecule has 30 heavy (non-hydrogen) atoms. The van der Waals surface area contributed by atoms with Gasteiger partial charge in [-0.05, 0) is 39.0 Å². The largest absolute Gasteiger partial charge is 0.493 e. The van der Waals surface area contributed by atoms with Crippen LogP contribution in [0.1, 0.15) is 17.0 Å². The van der Waals surface area contributed by atoms with Crippen molar-refractivity contribution in [3.05, 3.63) is 76.8 Å². The van der Waals surface area contributed by atoms with Crippen molar-refractivity contribution >= 4 is 32.6 Å². The monoisotopic (exact) mass is 462 g/mol. The molecule has 0 aliphatic carbocycles. The number of nitrogens with one attached hydrogen (secondary N) is 1. The Labute approximate surface area is 183 Å². The lowest BCUT2D eigenvalue weighted by Gasteiger charge is -2.31. The van der Waals surface area contributed by atoms with Crippen molar-refractivity contribution in [2.75, 3.05) is 13.7 Å². The Kier molecular flexibility index (Phi) is 5.47. The zero-order chi connectivity index (χ0) is 21.3. The molecule has 1 N–H and O–H groups in total. The molecular formula is C24H19BrN2O3. The fourth-order valence-corrected chi connectivity index (χ4v) is 4.40. The van der Waals surface area contributed by atoms with Crippen LogP contribution < -0.4 is 14.2 Å². The van der Waals surface area contributed by atoms with E-state index in [4.69, 9.17) is 19.6 Å². The van der Waals surface area contributed by atoms with Crippen LogP contribution in [0.2, 0.25) is 0 Å². The first-order valence-electron chi connectivity index (χ1n) is 9.37. The van der Waals surface area contributed by atoms with Crippen LogP contribution in [0.25, 0.3) is 10.8 Å². The number of hydrogen-bond acceptors (Lipinski definition) is 5. The number of halogens is 1. The highest BCUT2D eigenvalue weighted by Crippen LogP contribution is 2.48. The number of rotatable bonds is 5. The van der Waals surface area contributed by atoms with Crippen LogP contribution in [0.3, 0.4) is 0 Å². The van der Waals surface area contributed by atoms with Crippen molar-refractivity contribution < 1.29 is 14.2 Å². The summed E-state index contributed by atoms with van der Waals surface area (Å²) >= 11 is 3.57. The number of nitriles is 1. The Bertz CT molecular complexity index is 1200. The Morgan fingerprint density at radius 3 is 2.80 bits per heavy atom. The summed E-state index contributed by atoms with van der Waals surface area (Å²) < 4.78 is 17.8. The van der Waals surface area contributed by atoms with Gasteiger partial charge in [0.2, 0.25) is 5.90 Å². The molecule has 1 heterocycles. The van der Waals surface area contributed by atoms with Crippen molar-refractivity contribution in [2.24, 2.45) is 5.92 Å². The molecule has 3 aromatic carbocycles. The van der Waals surface area contributed by atoms with Gasteiger partial charge in [0.1, 0.15) is 18.3 Å². The molecule has 5 nitrogen and oxygen atoms in total. The normalized spacial score (nSPS) is 17.6. The van der Waals surface area contributed by atoms with Crippen LogP contribution in [0.15, 0.2) is 65.7 Å². The first kappa shape index (κ1) is 20.0. The second-order valence-electron chi connectivity index (χ2n) is 6.89. The molecule has 0 bridgehead atoms. The number of fused-ring (bicyclic) bond motifs is 3. The summed E-state index contributed by atoms with van der Waals surface area (Å²) in [5, 5.41) is 20.2. The average Bonchev–Trinajstić information content (AvgIpc) is 2.76. The number of ether oxygens (including phenoxy) is 3. The fraction of sp³-hybridized carbons (Fsp3) is 0.167. The minimum absolute atomic E-state index is 0.0616. The Morgan fingerprint density at radius 2 is 2.07 bits per heavy atom. The molecule has 0 amide bonds. The summed E-state index contributed by atoms with van der Waals surface area (Å²) in [5.74, 6) is 0.531. The van der Waals surface area contributed by atoms with Crippen molar-refractivity contribution in [3.8, 4) is 23.3 Å². The Hall–Kier alpha value is -3.30. The third kappa shape index (κ3) is 3.31. The number of hydrogen-bond donors (Lipinski definition) is 1. The molecule has 1 aliphatic heterocycles. The molecule has 1 aliphatic rings. The standard InChI is InChI=1S/C24H19BrN2O3/c1-3-10-29-23-19(25)11-15(12-20(23)28-2)21-17-9-8-14-6-4-5-7-16(14)22(17)30-24(27)18(21)13-26/h3-9,11-12,18,21,27H,1,10H2,2H3. The van der Waals surface area contributed by atoms with Gasteiger partial charge in [0.15, 0.2) is 11.5 Å². The molecular weight excluding hydrogens is 444 g/mol. The lowest BCUT2D eigenvalue weighted by atomic mass is 9.78. The van der Waals surface area contributed by atoms with E-state index in [9.17, 15) is 5.26 Å². The van der Waals surface area contributed by atoms with E-state index in [-0.39, 0.29) is 11.8 Å². The van der Waals surface area contributed by atoms with E-state index in [2.05, 4.69) is 28.6 Å². The van der Waals surface area contributed by atoms with Crippen LogP contribution in [-0.4, -0.2) is 19.6 Å². The second kappa shape index (κ2) is 8.21. The molecule has 4 rings (SSSR count). The third-order valence-electron chi connectivity index (χ3n) is 5.17. The molecule has 2 atom stereocenters. The quantitative estimate of drug-likeness (QED) is 0.484. The maximum atomic E-state index is 9.85. The first-order chi connectivity index (χ1) is 14.6. The molecule has 0 aromatic heterocycles. The fourth-order valence-electron chi connectivity index (χ4n) is 3.83. The molecule has 0 spiro atoms. The van der Waals surface area contributed by atoms with Gasteiger partial charge in [-0.1, -0.05) is 49.1 Å². The van der Waals surface area contributed by atoms with Crippen LogP contribution in [0, 0.1) is 22.7 Å². The average molecular weight is 463 g/mol. The van der Waals surface area contributed by atoms with Crippen molar-refractivity contribution in [2.45, 2.75) is 5.92 Å². The van der Waals surface area contributed by atoms with E-state index in [0.717, 1.165) is 21.9 Å². The molecule has 0 saturated carbocycles. The van der Waals surface area contributed by atoms with Crippen LogP contribution in [-0.2, 0) is 0 Å². The Balaban J connectivity index is 1.92. The molecule has 0 radical (unpaired) electrons. The van der Waals surface area contributed by atoms with Gasteiger partial charge in [-0.2, -0.15) is 5.26 Å². The number of nitrogens with zero attached hydrogens (tertiary/aromatic N) is 1. The van der Waals surface area contributed by atoms with E-state index in [1.54, 1.807) is 13.2 Å². The SMILES string of the molecule is C=CCOc1c(Br)cc(C2c3ccc4ccccc4c3OC(=N)C2C#N)cc1OC. The summed E-state index contributed by atoms with van der Waals surface area (Å²) in [5.41, 5.74) is 1.70. The molecule has 150 valence electrons. The maximum Gasteiger partial charge on any atom is 0.205 e. The van der Waals surface area contributed by atoms with Crippen molar-refractivity contribution in [3.63, 3.8) is 0 Å². The second-order valence-corrected chi connectivity index (χ2v) is 7.74. The molecule has 0 fully saturated rings. The van der Waals surface area contributed by atoms with Crippen molar-refractivity contribution in [1.29, 1.82) is 10.7 Å². The summed E-state index contributed by atoms with van der Waals surface area (Å²) in [6, 6.07) is 17.9. The predicted octanol–water partition coefficient (Wildman–Crippen LogP) is 5.82. The molecule has 0 saturated heterocycles. The summed E-state index contributed by atoms with van der Waals surface area (Å²) in [4.78, 5) is 0. The minimum atomic E-state index is -0.754. The molecule has 3 aromatic rings. The van der Waals surface area contributed by atoms with Gasteiger partial charge in [-0.3, -0.25) is 5.41 Å². The third-order valence-corrected chi connectivity index (χ3v) is 5.76. The van der Waals surface area contributed by atoms with Gasteiger partial charge in [-0.15, -0.1) is 0 Å². The molecule has 6 heteroatoms. The van der Waals surface area contributed by atoms with Crippen molar-refractivity contribution in [1.82, 2.24) is 0 Å². The summed E-state index contributed by atoms with van der Waals surface area (Å²) in [6.07, 6.45) is 1.66. The van der Waals surface area contributed by atoms with E-state index in [0.29, 0.717) is 28.3 Å². The smallest absolute Gasteiger partial charge is 0.205 e. The topological polar surface area (TPSA) is 75.3 Å². The van der Waals surface area contributed by atoms with E-state index >= 15 is 0 Å².